The van der Waals surface area contributed by atoms with Crippen LogP contribution in [-0.2, 0) is 16.4 Å². The van der Waals surface area contributed by atoms with Gasteiger partial charge in [-0.2, -0.15) is 4.31 Å². The molecule has 144 valence electrons. The second-order valence-electron chi connectivity index (χ2n) is 7.11. The van der Waals surface area contributed by atoms with Crippen molar-refractivity contribution in [3.8, 4) is 5.75 Å². The van der Waals surface area contributed by atoms with Crippen molar-refractivity contribution >= 4 is 15.8 Å². The number of ether oxygens (including phenoxy) is 1. The molecule has 2 aromatic rings. The topological polar surface area (TPSA) is 71.5 Å². The lowest BCUT2D eigenvalue weighted by molar-refractivity contribution is 0.346. The molecule has 0 amide bonds. The highest BCUT2D eigenvalue weighted by Crippen LogP contribution is 2.38. The van der Waals surface area contributed by atoms with Gasteiger partial charge in [-0.05, 0) is 55.0 Å². The predicted molar refractivity (Wildman–Crippen MR) is 105 cm³/mol. The highest BCUT2D eigenvalue weighted by molar-refractivity contribution is 7.89. The van der Waals surface area contributed by atoms with Gasteiger partial charge in [0.1, 0.15) is 16.5 Å². The maximum absolute atomic E-state index is 12.7. The highest BCUT2D eigenvalue weighted by atomic mass is 32.2. The number of hydrogen-bond acceptors (Lipinski definition) is 5. The summed E-state index contributed by atoms with van der Waals surface area (Å²) >= 11 is 0. The molecule has 1 saturated heterocycles. The summed E-state index contributed by atoms with van der Waals surface area (Å²) < 4.78 is 32.5. The zero-order chi connectivity index (χ0) is 18.9. The van der Waals surface area contributed by atoms with Gasteiger partial charge in [0.15, 0.2) is 0 Å². The van der Waals surface area contributed by atoms with Crippen LogP contribution in [0.1, 0.15) is 42.9 Å². The van der Waals surface area contributed by atoms with E-state index in [9.17, 15) is 8.42 Å². The molecule has 0 bridgehead atoms. The summed E-state index contributed by atoms with van der Waals surface area (Å²) in [6, 6.07) is 9.67. The zero-order valence-corrected chi connectivity index (χ0v) is 16.3. The summed E-state index contributed by atoms with van der Waals surface area (Å²) in [6.45, 7) is 1.20. The number of methoxy groups -OCH3 is 1. The fraction of sp³-hybridized carbons (Fsp3) is 0.450. The SMILES string of the molecule is COc1cccc2c1CCC2Nc1ccc(S(=O)(=O)N2CCCCC2)cn1. The summed E-state index contributed by atoms with van der Waals surface area (Å²) in [4.78, 5) is 4.64. The molecule has 4 rings (SSSR count). The van der Waals surface area contributed by atoms with Gasteiger partial charge in [0.25, 0.3) is 0 Å². The molecule has 1 fully saturated rings. The van der Waals surface area contributed by atoms with Crippen LogP contribution in [0.5, 0.6) is 5.75 Å². The van der Waals surface area contributed by atoms with Crippen molar-refractivity contribution in [3.05, 3.63) is 47.7 Å². The Morgan fingerprint density at radius 1 is 1.15 bits per heavy atom. The Balaban J connectivity index is 1.50. The third-order valence-corrected chi connectivity index (χ3v) is 7.34. The maximum atomic E-state index is 12.7. The van der Waals surface area contributed by atoms with Gasteiger partial charge >= 0.3 is 0 Å². The van der Waals surface area contributed by atoms with Crippen molar-refractivity contribution in [1.82, 2.24) is 9.29 Å². The van der Waals surface area contributed by atoms with Crippen LogP contribution in [0.3, 0.4) is 0 Å². The Kier molecular flexibility index (Phi) is 5.06. The maximum Gasteiger partial charge on any atom is 0.244 e. The van der Waals surface area contributed by atoms with E-state index in [1.165, 1.54) is 17.3 Å². The van der Waals surface area contributed by atoms with Crippen molar-refractivity contribution in [2.24, 2.45) is 0 Å². The largest absolute Gasteiger partial charge is 0.496 e. The second kappa shape index (κ2) is 7.48. The van der Waals surface area contributed by atoms with Crippen molar-refractivity contribution in [2.75, 3.05) is 25.5 Å². The van der Waals surface area contributed by atoms with Gasteiger partial charge in [0.2, 0.25) is 10.0 Å². The number of pyridine rings is 1. The first-order chi connectivity index (χ1) is 13.1. The van der Waals surface area contributed by atoms with Gasteiger partial charge < -0.3 is 10.1 Å². The molecule has 27 heavy (non-hydrogen) atoms. The Labute approximate surface area is 160 Å². The number of rotatable bonds is 5. The first-order valence-electron chi connectivity index (χ1n) is 9.48. The number of aromatic nitrogens is 1. The Morgan fingerprint density at radius 3 is 2.67 bits per heavy atom. The summed E-state index contributed by atoms with van der Waals surface area (Å²) in [7, 11) is -1.74. The van der Waals surface area contributed by atoms with E-state index in [4.69, 9.17) is 4.74 Å². The van der Waals surface area contributed by atoms with E-state index in [1.54, 1.807) is 23.5 Å². The zero-order valence-electron chi connectivity index (χ0n) is 15.5. The van der Waals surface area contributed by atoms with Crippen molar-refractivity contribution < 1.29 is 13.2 Å². The van der Waals surface area contributed by atoms with Gasteiger partial charge in [-0.25, -0.2) is 13.4 Å². The number of nitrogens with zero attached hydrogens (tertiary/aromatic N) is 2. The summed E-state index contributed by atoms with van der Waals surface area (Å²) in [5, 5.41) is 3.43. The van der Waals surface area contributed by atoms with Crippen LogP contribution in [0.25, 0.3) is 0 Å². The van der Waals surface area contributed by atoms with Crippen molar-refractivity contribution in [3.63, 3.8) is 0 Å². The molecule has 1 N–H and O–H groups in total. The normalized spacial score (nSPS) is 20.3. The lowest BCUT2D eigenvalue weighted by atomic mass is 10.1. The van der Waals surface area contributed by atoms with Crippen LogP contribution in [-0.4, -0.2) is 37.9 Å². The van der Waals surface area contributed by atoms with Crippen LogP contribution in [0.4, 0.5) is 5.82 Å². The fourth-order valence-corrected chi connectivity index (χ4v) is 5.48. The molecule has 1 aliphatic carbocycles. The van der Waals surface area contributed by atoms with Crippen LogP contribution >= 0.6 is 0 Å². The smallest absolute Gasteiger partial charge is 0.244 e. The average molecular weight is 388 g/mol. The van der Waals surface area contributed by atoms with Crippen LogP contribution in [0, 0.1) is 0 Å². The van der Waals surface area contributed by atoms with Crippen LogP contribution in [0.2, 0.25) is 0 Å². The minimum Gasteiger partial charge on any atom is -0.496 e. The lowest BCUT2D eigenvalue weighted by Gasteiger charge is -2.25. The van der Waals surface area contributed by atoms with Crippen LogP contribution < -0.4 is 10.1 Å². The third-order valence-electron chi connectivity index (χ3n) is 5.46. The highest BCUT2D eigenvalue weighted by Gasteiger charge is 2.27. The summed E-state index contributed by atoms with van der Waals surface area (Å²) in [5.74, 6) is 1.61. The number of anilines is 1. The average Bonchev–Trinajstić information content (AvgIpc) is 3.12. The monoisotopic (exact) mass is 387 g/mol. The van der Waals surface area contributed by atoms with Gasteiger partial charge in [0, 0.05) is 19.3 Å². The molecule has 0 radical (unpaired) electrons. The molecular formula is C20H25N3O3S. The summed E-state index contributed by atoms with van der Waals surface area (Å²) in [6.07, 6.45) is 6.34. The van der Waals surface area contributed by atoms with Gasteiger partial charge in [-0.1, -0.05) is 18.6 Å². The Hall–Kier alpha value is -2.12. The van der Waals surface area contributed by atoms with E-state index in [1.807, 2.05) is 12.1 Å². The van der Waals surface area contributed by atoms with E-state index in [0.717, 1.165) is 37.9 Å². The van der Waals surface area contributed by atoms with Gasteiger partial charge in [-0.3, -0.25) is 0 Å². The van der Waals surface area contributed by atoms with Crippen LogP contribution in [0.15, 0.2) is 41.4 Å². The number of piperidine rings is 1. The fourth-order valence-electron chi connectivity index (χ4n) is 4.01. The van der Waals surface area contributed by atoms with Gasteiger partial charge in [-0.15, -0.1) is 0 Å². The third kappa shape index (κ3) is 3.53. The first kappa shape index (κ1) is 18.3. The molecule has 2 aliphatic rings. The Morgan fingerprint density at radius 2 is 1.96 bits per heavy atom. The van der Waals surface area contributed by atoms with Crippen molar-refractivity contribution in [2.45, 2.75) is 43.0 Å². The number of benzene rings is 1. The molecule has 0 spiro atoms. The van der Waals surface area contributed by atoms with E-state index < -0.39 is 10.0 Å². The number of hydrogen-bond donors (Lipinski definition) is 1. The van der Waals surface area contributed by atoms with E-state index in [-0.39, 0.29) is 10.9 Å². The number of nitrogens with one attached hydrogen (secondary N) is 1. The quantitative estimate of drug-likeness (QED) is 0.852. The Bertz CT molecular complexity index is 907. The molecule has 1 atom stereocenters. The van der Waals surface area contributed by atoms with Crippen molar-refractivity contribution in [1.29, 1.82) is 0 Å². The molecule has 6 nitrogen and oxygen atoms in total. The molecule has 7 heteroatoms. The molecule has 1 aliphatic heterocycles. The van der Waals surface area contributed by atoms with E-state index >= 15 is 0 Å². The predicted octanol–water partition coefficient (Wildman–Crippen LogP) is 3.36. The molecule has 0 saturated carbocycles. The first-order valence-corrected chi connectivity index (χ1v) is 10.9. The van der Waals surface area contributed by atoms with E-state index in [2.05, 4.69) is 16.4 Å². The molecule has 1 unspecified atom stereocenters. The minimum atomic E-state index is -3.44. The molecule has 2 heterocycles. The number of sulfonamides is 1. The molecule has 1 aromatic carbocycles. The number of fused-ring (bicyclic) bond motifs is 1. The second-order valence-corrected chi connectivity index (χ2v) is 9.05. The van der Waals surface area contributed by atoms with E-state index in [0.29, 0.717) is 18.9 Å². The lowest BCUT2D eigenvalue weighted by Crippen LogP contribution is -2.35. The summed E-state index contributed by atoms with van der Waals surface area (Å²) in [5.41, 5.74) is 2.46. The molecular weight excluding hydrogens is 362 g/mol. The minimum absolute atomic E-state index is 0.159. The standard InChI is InChI=1S/C20H25N3O3S/c1-26-19-7-5-6-16-17(19)9-10-18(16)22-20-11-8-15(14-21-20)27(24,25)23-12-3-2-4-13-23/h5-8,11,14,18H,2-4,9-10,12-13H2,1H3,(H,21,22). The van der Waals surface area contributed by atoms with Gasteiger partial charge in [0.05, 0.1) is 13.2 Å². The molecule has 1 aromatic heterocycles.